The topological polar surface area (TPSA) is 108 Å². The fourth-order valence-electron chi connectivity index (χ4n) is 0.895. The number of nitrogens with two attached hydrogens (primary N) is 1. The Morgan fingerprint density at radius 2 is 2.36 bits per heavy atom. The highest BCUT2D eigenvalue weighted by Gasteiger charge is 2.26. The Hall–Kier alpha value is -1.14. The molecule has 0 aliphatic heterocycles. The fraction of sp³-hybridized carbons (Fsp3) is 0.750. The van der Waals surface area contributed by atoms with E-state index in [0.717, 1.165) is 0 Å². The maximum absolute atomic E-state index is 10.6. The van der Waals surface area contributed by atoms with Crippen LogP contribution >= 0.6 is 0 Å². The van der Waals surface area contributed by atoms with Crippen molar-refractivity contribution in [3.63, 3.8) is 0 Å². The number of hydrogen-bond acceptors (Lipinski definition) is 5. The molecule has 0 saturated heterocycles. The minimum atomic E-state index is -1.16. The Kier molecular flexibility index (Phi) is 5.82. The SMILES string of the molecule is CC(N)(CCCNCC=NO)C(=O)O. The van der Waals surface area contributed by atoms with Crippen molar-refractivity contribution in [1.29, 1.82) is 0 Å². The number of carboxylic acids is 1. The maximum atomic E-state index is 10.6. The second-order valence-corrected chi connectivity index (χ2v) is 3.33. The normalized spacial score (nSPS) is 15.6. The fourth-order valence-corrected chi connectivity index (χ4v) is 0.895. The summed E-state index contributed by atoms with van der Waals surface area (Å²) in [6, 6.07) is 0. The second kappa shape index (κ2) is 6.33. The van der Waals surface area contributed by atoms with Gasteiger partial charge in [0.1, 0.15) is 5.54 Å². The van der Waals surface area contributed by atoms with Gasteiger partial charge in [-0.2, -0.15) is 0 Å². The summed E-state index contributed by atoms with van der Waals surface area (Å²) in [5.74, 6) is -0.991. The number of aliphatic carboxylic acids is 1. The molecule has 1 atom stereocenters. The zero-order chi connectivity index (χ0) is 11.0. The zero-order valence-electron chi connectivity index (χ0n) is 8.23. The summed E-state index contributed by atoms with van der Waals surface area (Å²) in [7, 11) is 0. The molecule has 1 unspecified atom stereocenters. The monoisotopic (exact) mass is 203 g/mol. The molecule has 0 heterocycles. The Balaban J connectivity index is 3.49. The molecule has 0 radical (unpaired) electrons. The van der Waals surface area contributed by atoms with Gasteiger partial charge < -0.3 is 21.4 Å². The van der Waals surface area contributed by atoms with Gasteiger partial charge in [-0.1, -0.05) is 0 Å². The summed E-state index contributed by atoms with van der Waals surface area (Å²) in [5, 5.41) is 22.5. The van der Waals surface area contributed by atoms with Gasteiger partial charge >= 0.3 is 5.97 Å². The van der Waals surface area contributed by atoms with Gasteiger partial charge in [0.05, 0.1) is 6.21 Å². The lowest BCUT2D eigenvalue weighted by molar-refractivity contribution is -0.142. The average molecular weight is 203 g/mol. The molecule has 6 nitrogen and oxygen atoms in total. The highest BCUT2D eigenvalue weighted by atomic mass is 16.4. The predicted octanol–water partition coefficient (Wildman–Crippen LogP) is -0.382. The molecule has 0 aromatic heterocycles. The van der Waals surface area contributed by atoms with Crippen molar-refractivity contribution in [3.05, 3.63) is 0 Å². The van der Waals surface area contributed by atoms with Gasteiger partial charge in [-0.05, 0) is 26.3 Å². The highest BCUT2D eigenvalue weighted by molar-refractivity contribution is 5.77. The first-order valence-corrected chi connectivity index (χ1v) is 4.39. The van der Waals surface area contributed by atoms with E-state index in [4.69, 9.17) is 16.0 Å². The first kappa shape index (κ1) is 12.9. The molecular formula is C8H17N3O3. The van der Waals surface area contributed by atoms with Gasteiger partial charge in [-0.3, -0.25) is 4.79 Å². The molecule has 0 aliphatic rings. The largest absolute Gasteiger partial charge is 0.480 e. The second-order valence-electron chi connectivity index (χ2n) is 3.33. The van der Waals surface area contributed by atoms with E-state index < -0.39 is 11.5 Å². The van der Waals surface area contributed by atoms with Crippen molar-refractivity contribution in [1.82, 2.24) is 5.32 Å². The molecule has 14 heavy (non-hydrogen) atoms. The molecule has 0 saturated carbocycles. The minimum Gasteiger partial charge on any atom is -0.480 e. The van der Waals surface area contributed by atoms with Crippen LogP contribution in [0.15, 0.2) is 5.16 Å². The third kappa shape index (κ3) is 5.50. The van der Waals surface area contributed by atoms with E-state index in [2.05, 4.69) is 10.5 Å². The first-order chi connectivity index (χ1) is 6.50. The summed E-state index contributed by atoms with van der Waals surface area (Å²) < 4.78 is 0. The van der Waals surface area contributed by atoms with Crippen LogP contribution in [0.4, 0.5) is 0 Å². The molecular weight excluding hydrogens is 186 g/mol. The van der Waals surface area contributed by atoms with Gasteiger partial charge in [0.15, 0.2) is 0 Å². The van der Waals surface area contributed by atoms with Crippen molar-refractivity contribution in [3.8, 4) is 0 Å². The highest BCUT2D eigenvalue weighted by Crippen LogP contribution is 2.07. The molecule has 0 spiro atoms. The molecule has 0 amide bonds. The Morgan fingerprint density at radius 3 is 2.86 bits per heavy atom. The molecule has 82 valence electrons. The van der Waals surface area contributed by atoms with E-state index in [9.17, 15) is 4.79 Å². The Labute approximate surface area is 82.8 Å². The molecule has 0 fully saturated rings. The number of nitrogens with one attached hydrogen (secondary N) is 1. The quantitative estimate of drug-likeness (QED) is 0.195. The van der Waals surface area contributed by atoms with Gasteiger partial charge in [0.25, 0.3) is 0 Å². The summed E-state index contributed by atoms with van der Waals surface area (Å²) in [6.45, 7) is 2.60. The first-order valence-electron chi connectivity index (χ1n) is 4.39. The Bertz CT molecular complexity index is 204. The zero-order valence-corrected chi connectivity index (χ0v) is 8.23. The van der Waals surface area contributed by atoms with Crippen LogP contribution in [0.2, 0.25) is 0 Å². The summed E-state index contributed by atoms with van der Waals surface area (Å²) in [4.78, 5) is 10.6. The van der Waals surface area contributed by atoms with Crippen molar-refractivity contribution in [2.45, 2.75) is 25.3 Å². The summed E-state index contributed by atoms with van der Waals surface area (Å²) in [5.41, 5.74) is 4.35. The van der Waals surface area contributed by atoms with Gasteiger partial charge in [-0.25, -0.2) is 0 Å². The number of hydrogen-bond donors (Lipinski definition) is 4. The molecule has 6 heteroatoms. The minimum absolute atomic E-state index is 0.408. The number of nitrogens with zero attached hydrogens (tertiary/aromatic N) is 1. The van der Waals surface area contributed by atoms with Crippen molar-refractivity contribution in [2.24, 2.45) is 10.9 Å². The van der Waals surface area contributed by atoms with Crippen LogP contribution in [-0.4, -0.2) is 41.1 Å². The average Bonchev–Trinajstić information content (AvgIpc) is 2.10. The molecule has 0 aromatic carbocycles. The van der Waals surface area contributed by atoms with Gasteiger partial charge in [-0.15, -0.1) is 5.16 Å². The lowest BCUT2D eigenvalue weighted by atomic mass is 9.98. The van der Waals surface area contributed by atoms with E-state index in [1.165, 1.54) is 13.1 Å². The van der Waals surface area contributed by atoms with Crippen LogP contribution in [0.1, 0.15) is 19.8 Å². The van der Waals surface area contributed by atoms with E-state index in [1.807, 2.05) is 0 Å². The molecule has 0 aliphatic carbocycles. The van der Waals surface area contributed by atoms with Crippen LogP contribution < -0.4 is 11.1 Å². The number of carboxylic acid groups (broad SMARTS) is 1. The molecule has 0 bridgehead atoms. The van der Waals surface area contributed by atoms with Crippen LogP contribution in [0.5, 0.6) is 0 Å². The van der Waals surface area contributed by atoms with Crippen LogP contribution in [0, 0.1) is 0 Å². The third-order valence-corrected chi connectivity index (χ3v) is 1.86. The van der Waals surface area contributed by atoms with E-state index in [1.54, 1.807) is 0 Å². The number of rotatable bonds is 7. The smallest absolute Gasteiger partial charge is 0.323 e. The molecule has 0 rings (SSSR count). The van der Waals surface area contributed by atoms with Crippen molar-refractivity contribution in [2.75, 3.05) is 13.1 Å². The van der Waals surface area contributed by atoms with E-state index >= 15 is 0 Å². The molecule has 5 N–H and O–H groups in total. The summed E-state index contributed by atoms with van der Waals surface area (Å²) in [6.07, 6.45) is 2.39. The predicted molar refractivity (Wildman–Crippen MR) is 52.6 cm³/mol. The van der Waals surface area contributed by atoms with Gasteiger partial charge in [0, 0.05) is 6.54 Å². The lowest BCUT2D eigenvalue weighted by Crippen LogP contribution is -2.45. The number of oxime groups is 1. The standard InChI is InChI=1S/C8H17N3O3/c1-8(9,7(12)13)3-2-4-10-5-6-11-14/h6,10,14H,2-5,9H2,1H3,(H,12,13). The van der Waals surface area contributed by atoms with E-state index in [0.29, 0.717) is 25.9 Å². The lowest BCUT2D eigenvalue weighted by Gasteiger charge is -2.18. The van der Waals surface area contributed by atoms with Crippen LogP contribution in [0.3, 0.4) is 0 Å². The maximum Gasteiger partial charge on any atom is 0.323 e. The Morgan fingerprint density at radius 1 is 1.71 bits per heavy atom. The molecule has 0 aromatic rings. The van der Waals surface area contributed by atoms with Crippen LogP contribution in [0.25, 0.3) is 0 Å². The third-order valence-electron chi connectivity index (χ3n) is 1.86. The van der Waals surface area contributed by atoms with Crippen molar-refractivity contribution < 1.29 is 15.1 Å². The summed E-state index contributed by atoms with van der Waals surface area (Å²) >= 11 is 0. The van der Waals surface area contributed by atoms with Crippen molar-refractivity contribution >= 4 is 12.2 Å². The number of carbonyl (C=O) groups is 1. The van der Waals surface area contributed by atoms with Crippen LogP contribution in [-0.2, 0) is 4.79 Å². The van der Waals surface area contributed by atoms with Gasteiger partial charge in [0.2, 0.25) is 0 Å². The van der Waals surface area contributed by atoms with E-state index in [-0.39, 0.29) is 0 Å².